The minimum Gasteiger partial charge on any atom is -0.507 e. The fraction of sp³-hybridized carbons (Fsp3) is 0.451. The second kappa shape index (κ2) is 36.5. The number of aliphatic carboxylic acids is 1. The highest BCUT2D eigenvalue weighted by Crippen LogP contribution is 2.53. The van der Waals surface area contributed by atoms with E-state index in [1.165, 1.54) is 56.6 Å². The maximum absolute atomic E-state index is 14.3. The number of phenolic OH excluding ortho intramolecular Hbond substituents is 2. The fourth-order valence-corrected chi connectivity index (χ4v) is 13.3. The predicted octanol–water partition coefficient (Wildman–Crippen LogP) is -1.80. The zero-order chi connectivity index (χ0) is 81.1. The van der Waals surface area contributed by atoms with Gasteiger partial charge in [0.25, 0.3) is 11.5 Å². The maximum Gasteiger partial charge on any atom is 0.408 e. The molecule has 0 spiro atoms. The monoisotopic (exact) mass is 1580 g/mol. The predicted molar refractivity (Wildman–Crippen MR) is 383 cm³/mol. The van der Waals surface area contributed by atoms with E-state index in [4.69, 9.17) is 48.4 Å². The van der Waals surface area contributed by atoms with Crippen molar-refractivity contribution in [2.24, 2.45) is 0 Å². The highest BCUT2D eigenvalue weighted by Gasteiger charge is 2.51. The third-order valence-corrected chi connectivity index (χ3v) is 19.2. The number of aliphatic hydroxyl groups excluding tert-OH is 6. The summed E-state index contributed by atoms with van der Waals surface area (Å²) in [7, 11) is 1.25. The van der Waals surface area contributed by atoms with Crippen molar-refractivity contribution in [2.75, 3.05) is 84.1 Å². The standard InChI is InChI=1S/C71H83N13O29/c1-32-56(89)41(24-50(109-32)110-46-26-71(102,48(87)31-86)25-39-52(46)61(94)54-53(58(39)91)57(90)38-4-3-5-44(105-2)51(38)60(54)93)78-70(101)113-45(34-8-12-43(42(22-34)84(103)104)111-68-63(96)62(95)59(92)47(30-85)112-68)23-36-29-83(82-81-36)15-17-107-19-21-108-20-18-106-16-14-73-49(88)13-11-40(67(99)100)77-65(97)33-6-9-35(10-7-33)74-27-37-28-75-64-55(76-37)66(98)80-69(72)79-64/h3-10,12,22,28-29,32,40-41,45-47,50,56,59,62-63,68,74,81-82,85-86,89,91-92,94-96,102H,11,13-21,23-27,30-31H2,1-2H3,(H,73,88)(H,77,97)(H,78,101)(H,99,100)(H3,72,75,79,80,98)/t32?,40-,41?,45+,46-,47?,50?,56?,59-,62?,63-,68+,71-/m0/s1. The Morgan fingerprint density at radius 2 is 1.59 bits per heavy atom. The number of carbonyl (C=O) groups excluding carboxylic acids is 6. The summed E-state index contributed by atoms with van der Waals surface area (Å²) in [4.78, 5) is 132. The van der Waals surface area contributed by atoms with Crippen LogP contribution in [0.2, 0.25) is 0 Å². The smallest absolute Gasteiger partial charge is 0.408 e. The molecule has 6 unspecified atom stereocenters. The number of carboxylic acids is 1. The number of amides is 3. The Morgan fingerprint density at radius 3 is 2.30 bits per heavy atom. The number of nitrogens with two attached hydrogens (primary N) is 1. The van der Waals surface area contributed by atoms with Crippen molar-refractivity contribution in [1.82, 2.24) is 51.9 Å². The normalized spacial score (nSPS) is 23.0. The Labute approximate surface area is 639 Å². The number of aromatic amines is 1. The van der Waals surface area contributed by atoms with Gasteiger partial charge in [0.15, 0.2) is 34.8 Å². The molecule has 5 heterocycles. The van der Waals surface area contributed by atoms with Crippen LogP contribution in [-0.4, -0.2) is 262 Å². The van der Waals surface area contributed by atoms with E-state index in [9.17, 15) is 99.5 Å². The molecular formula is C71H83N13O29. The Bertz CT molecular complexity index is 4650. The number of methoxy groups -OCH3 is 1. The number of carbonyl (C=O) groups is 7. The lowest BCUT2D eigenvalue weighted by atomic mass is 9.72. The molecule has 42 nitrogen and oxygen atoms in total. The number of nitrogen functional groups attached to an aromatic ring is 1. The maximum atomic E-state index is 14.3. The highest BCUT2D eigenvalue weighted by atomic mass is 16.7. The van der Waals surface area contributed by atoms with Crippen LogP contribution in [0.25, 0.3) is 11.2 Å². The first-order valence-electron chi connectivity index (χ1n) is 35.4. The molecular weight excluding hydrogens is 1500 g/mol. The van der Waals surface area contributed by atoms with Gasteiger partial charge in [0.05, 0.1) is 118 Å². The van der Waals surface area contributed by atoms with Crippen molar-refractivity contribution < 1.29 is 132 Å². The van der Waals surface area contributed by atoms with Crippen LogP contribution in [-0.2, 0) is 60.5 Å². The average molecular weight is 1580 g/mol. The van der Waals surface area contributed by atoms with Crippen LogP contribution in [0.15, 0.2) is 83.6 Å². The number of hydrazine groups is 2. The molecule has 113 heavy (non-hydrogen) atoms. The van der Waals surface area contributed by atoms with E-state index in [1.54, 1.807) is 23.3 Å². The number of nitro benzene ring substituents is 1. The number of hydrogen-bond donors (Lipinski definition) is 18. The number of nitro groups is 1. The van der Waals surface area contributed by atoms with E-state index in [1.807, 2.05) is 0 Å². The number of ketones is 3. The zero-order valence-corrected chi connectivity index (χ0v) is 60.4. The minimum atomic E-state index is -2.52. The summed E-state index contributed by atoms with van der Waals surface area (Å²) in [6.07, 6.45) is -17.2. The van der Waals surface area contributed by atoms with Crippen LogP contribution in [0.3, 0.4) is 0 Å². The Hall–Kier alpha value is -11.2. The van der Waals surface area contributed by atoms with Gasteiger partial charge in [-0.25, -0.2) is 19.6 Å². The first-order valence-corrected chi connectivity index (χ1v) is 35.4. The molecule has 6 aromatic rings. The van der Waals surface area contributed by atoms with E-state index >= 15 is 0 Å². The average Bonchev–Trinajstić information content (AvgIpc) is 0.740. The Kier molecular flexibility index (Phi) is 26.7. The molecule has 3 amide bonds. The summed E-state index contributed by atoms with van der Waals surface area (Å²) in [6.45, 7) is 0.647. The number of Topliss-reactive ketones (excluding diaryl/α,β-unsaturated/α-hetero) is 1. The molecule has 2 aromatic heterocycles. The lowest BCUT2D eigenvalue weighted by Gasteiger charge is -2.42. The number of H-pyrrole nitrogens is 1. The van der Waals surface area contributed by atoms with Gasteiger partial charge in [-0.15, -0.1) is 5.53 Å². The zero-order valence-electron chi connectivity index (χ0n) is 60.4. The highest BCUT2D eigenvalue weighted by molar-refractivity contribution is 6.31. The molecule has 0 radical (unpaired) electrons. The van der Waals surface area contributed by atoms with E-state index in [0.29, 0.717) is 17.1 Å². The van der Waals surface area contributed by atoms with Crippen LogP contribution in [0, 0.1) is 10.1 Å². The van der Waals surface area contributed by atoms with Crippen molar-refractivity contribution in [1.29, 1.82) is 0 Å². The number of aliphatic hydroxyl groups is 7. The molecule has 42 heteroatoms. The number of carboxylic acid groups (broad SMARTS) is 1. The molecule has 4 aromatic carbocycles. The third kappa shape index (κ3) is 19.1. The SMILES string of the molecule is COc1cccc2c1C(=O)c1c(O)c3c(c(O)c1C2=O)C[C@@](O)(C(=O)CO)C[C@@H]3OC1CC(NC(=O)O[C@H](CC2=CN(CCOCCOCCOCCNC(=O)CC[C@H](NC(=O)c3ccc(NCc4cnc5nc(N)[nH]c(=O)c5n4)cc3)C(=O)O)NN2)c2ccc(O[C@@H]3OC(CO)[C@H](O)C(O)[C@@H]3O)c([N+](=O)[O-])c2)C(O)C(C)O1. The van der Waals surface area contributed by atoms with Crippen molar-refractivity contribution in [3.8, 4) is 23.0 Å². The van der Waals surface area contributed by atoms with Crippen LogP contribution in [0.5, 0.6) is 23.0 Å². The second-order valence-electron chi connectivity index (χ2n) is 26.7. The molecule has 5 aliphatic rings. The van der Waals surface area contributed by atoms with Gasteiger partial charge in [0, 0.05) is 84.6 Å². The van der Waals surface area contributed by atoms with Gasteiger partial charge in [-0.2, -0.15) is 4.98 Å². The van der Waals surface area contributed by atoms with Crippen LogP contribution in [0.1, 0.15) is 116 Å². The minimum absolute atomic E-state index is 0.0100. The molecule has 11 rings (SSSR count). The molecule has 13 atom stereocenters. The van der Waals surface area contributed by atoms with E-state index in [-0.39, 0.29) is 135 Å². The van der Waals surface area contributed by atoms with Crippen LogP contribution < -0.4 is 53.0 Å². The Balaban J connectivity index is 0.655. The first kappa shape index (κ1) is 82.7. The molecule has 606 valence electrons. The Morgan fingerprint density at radius 1 is 0.867 bits per heavy atom. The largest absolute Gasteiger partial charge is 0.507 e. The summed E-state index contributed by atoms with van der Waals surface area (Å²) < 4.78 is 51.6. The quantitative estimate of drug-likeness (QED) is 0.00902. The summed E-state index contributed by atoms with van der Waals surface area (Å²) in [5.74, 6) is -7.85. The summed E-state index contributed by atoms with van der Waals surface area (Å²) in [5, 5.41) is 133. The number of nitrogens with zero attached hydrogens (tertiary/aromatic N) is 5. The molecule has 19 N–H and O–H groups in total. The van der Waals surface area contributed by atoms with Gasteiger partial charge in [-0.05, 0) is 55.3 Å². The van der Waals surface area contributed by atoms with Crippen molar-refractivity contribution in [2.45, 2.75) is 131 Å². The van der Waals surface area contributed by atoms with Crippen molar-refractivity contribution >= 4 is 69.7 Å². The summed E-state index contributed by atoms with van der Waals surface area (Å²) >= 11 is 0. The van der Waals surface area contributed by atoms with Gasteiger partial charge >= 0.3 is 17.7 Å². The number of nitrogens with one attached hydrogen (secondary N) is 7. The number of aromatic hydroxyl groups is 2. The summed E-state index contributed by atoms with van der Waals surface area (Å²) in [6, 6.07) is 10.9. The van der Waals surface area contributed by atoms with Crippen molar-refractivity contribution in [3.63, 3.8) is 0 Å². The number of phenols is 2. The van der Waals surface area contributed by atoms with Gasteiger partial charge < -0.3 is 126 Å². The number of anilines is 2. The fourth-order valence-electron chi connectivity index (χ4n) is 13.3. The molecule has 2 fully saturated rings. The van der Waals surface area contributed by atoms with E-state index in [0.717, 1.165) is 12.1 Å². The van der Waals surface area contributed by atoms with E-state index in [2.05, 4.69) is 52.2 Å². The third-order valence-electron chi connectivity index (χ3n) is 19.2. The molecule has 3 aliphatic heterocycles. The number of alkyl carbamates (subject to hydrolysis) is 1. The number of rotatable bonds is 35. The lowest BCUT2D eigenvalue weighted by molar-refractivity contribution is -0.387. The van der Waals surface area contributed by atoms with E-state index < -0.39 is 197 Å². The first-order chi connectivity index (χ1) is 54.1. The van der Waals surface area contributed by atoms with Gasteiger partial charge in [-0.3, -0.25) is 48.9 Å². The van der Waals surface area contributed by atoms with Crippen LogP contribution in [0.4, 0.5) is 22.1 Å². The molecule has 2 saturated heterocycles. The van der Waals surface area contributed by atoms with Gasteiger partial charge in [-0.1, -0.05) is 18.2 Å². The number of fused-ring (bicyclic) bond motifs is 4. The lowest BCUT2D eigenvalue weighted by Crippen LogP contribution is -2.60. The number of ether oxygens (including phenoxy) is 9. The molecule has 0 bridgehead atoms. The number of benzene rings is 4. The molecule has 2 aliphatic carbocycles. The van der Waals surface area contributed by atoms with Gasteiger partial charge in [0.1, 0.15) is 72.1 Å². The van der Waals surface area contributed by atoms with Crippen molar-refractivity contribution in [3.05, 3.63) is 149 Å². The summed E-state index contributed by atoms with van der Waals surface area (Å²) in [5.41, 5.74) is 6.73. The topological polar surface area (TPSA) is 621 Å². The number of aromatic nitrogens is 4. The molecule has 0 saturated carbocycles. The van der Waals surface area contributed by atoms with Crippen LogP contribution >= 0.6 is 0 Å². The van der Waals surface area contributed by atoms with Gasteiger partial charge in [0.2, 0.25) is 23.9 Å². The second-order valence-corrected chi connectivity index (χ2v) is 26.7. The number of hydrogen-bond acceptors (Lipinski definition) is 36.